The van der Waals surface area contributed by atoms with Crippen molar-refractivity contribution < 1.29 is 0 Å². The van der Waals surface area contributed by atoms with Gasteiger partial charge in [0, 0.05) is 19.1 Å². The number of piperidine rings is 1. The average Bonchev–Trinajstić information content (AvgIpc) is 2.83. The molecular weight excluding hydrogens is 234 g/mol. The van der Waals surface area contributed by atoms with Gasteiger partial charge in [0.15, 0.2) is 0 Å². The lowest BCUT2D eigenvalue weighted by atomic mass is 9.83. The third-order valence-corrected chi connectivity index (χ3v) is 5.03. The van der Waals surface area contributed by atoms with Gasteiger partial charge in [0.2, 0.25) is 0 Å². The van der Waals surface area contributed by atoms with Gasteiger partial charge in [-0.2, -0.15) is 0 Å². The number of nitrogens with zero attached hydrogens (tertiary/aromatic N) is 2. The van der Waals surface area contributed by atoms with Crippen molar-refractivity contribution in [2.75, 3.05) is 39.3 Å². The van der Waals surface area contributed by atoms with E-state index in [0.29, 0.717) is 11.5 Å². The lowest BCUT2D eigenvalue weighted by molar-refractivity contribution is 0.0618. The fourth-order valence-electron chi connectivity index (χ4n) is 3.83. The Morgan fingerprint density at radius 2 is 1.63 bits per heavy atom. The first-order valence-corrected chi connectivity index (χ1v) is 8.17. The van der Waals surface area contributed by atoms with Gasteiger partial charge in [0.25, 0.3) is 0 Å². The van der Waals surface area contributed by atoms with Crippen LogP contribution < -0.4 is 5.73 Å². The van der Waals surface area contributed by atoms with E-state index in [1.165, 1.54) is 58.4 Å². The molecule has 2 rings (SSSR count). The zero-order valence-electron chi connectivity index (χ0n) is 13.2. The van der Waals surface area contributed by atoms with Gasteiger partial charge in [-0.15, -0.1) is 0 Å². The fourth-order valence-corrected chi connectivity index (χ4v) is 3.83. The van der Waals surface area contributed by atoms with E-state index in [1.54, 1.807) is 0 Å². The minimum Gasteiger partial charge on any atom is -0.329 e. The Morgan fingerprint density at radius 3 is 2.11 bits per heavy atom. The van der Waals surface area contributed by atoms with Gasteiger partial charge in [-0.25, -0.2) is 0 Å². The maximum Gasteiger partial charge on any atom is 0.0266 e. The molecule has 3 heteroatoms. The molecule has 0 amide bonds. The van der Waals surface area contributed by atoms with Crippen LogP contribution in [0.5, 0.6) is 0 Å². The first-order valence-electron chi connectivity index (χ1n) is 8.17. The van der Waals surface area contributed by atoms with Crippen LogP contribution >= 0.6 is 0 Å². The first-order chi connectivity index (χ1) is 9.00. The quantitative estimate of drug-likeness (QED) is 0.847. The predicted molar refractivity (Wildman–Crippen MR) is 82.3 cm³/mol. The van der Waals surface area contributed by atoms with Crippen LogP contribution in [0.4, 0.5) is 0 Å². The zero-order chi connectivity index (χ0) is 13.9. The van der Waals surface area contributed by atoms with Crippen molar-refractivity contribution in [2.45, 2.75) is 52.5 Å². The molecule has 0 aromatic rings. The fraction of sp³-hybridized carbons (Fsp3) is 1.00. The Bertz CT molecular complexity index is 258. The van der Waals surface area contributed by atoms with Gasteiger partial charge >= 0.3 is 0 Å². The summed E-state index contributed by atoms with van der Waals surface area (Å²) in [5, 5.41) is 0. The Kier molecular flexibility index (Phi) is 5.27. The highest BCUT2D eigenvalue weighted by Crippen LogP contribution is 2.28. The number of nitrogens with two attached hydrogens (primary N) is 1. The molecule has 0 aromatic heterocycles. The van der Waals surface area contributed by atoms with E-state index >= 15 is 0 Å². The molecule has 0 bridgehead atoms. The van der Waals surface area contributed by atoms with Crippen molar-refractivity contribution in [3.05, 3.63) is 0 Å². The molecule has 19 heavy (non-hydrogen) atoms. The van der Waals surface area contributed by atoms with Crippen LogP contribution in [-0.4, -0.2) is 55.1 Å². The Morgan fingerprint density at radius 1 is 1.05 bits per heavy atom. The monoisotopic (exact) mass is 267 g/mol. The van der Waals surface area contributed by atoms with E-state index in [9.17, 15) is 0 Å². The lowest BCUT2D eigenvalue weighted by Crippen LogP contribution is -2.52. The van der Waals surface area contributed by atoms with E-state index in [-0.39, 0.29) is 0 Å². The molecule has 0 radical (unpaired) electrons. The normalized spacial score (nSPS) is 25.9. The SMILES string of the molecule is CC(C)(C)C(CN)N1CCC(CN2CCCC2)CC1. The third-order valence-electron chi connectivity index (χ3n) is 5.03. The highest BCUT2D eigenvalue weighted by Gasteiger charge is 2.32. The summed E-state index contributed by atoms with van der Waals surface area (Å²) in [4.78, 5) is 5.31. The van der Waals surface area contributed by atoms with Crippen molar-refractivity contribution >= 4 is 0 Å². The van der Waals surface area contributed by atoms with Crippen molar-refractivity contribution in [3.63, 3.8) is 0 Å². The zero-order valence-corrected chi connectivity index (χ0v) is 13.2. The molecule has 1 unspecified atom stereocenters. The molecule has 0 saturated carbocycles. The Balaban J connectivity index is 1.77. The highest BCUT2D eigenvalue weighted by atomic mass is 15.2. The molecule has 2 saturated heterocycles. The molecule has 2 heterocycles. The number of rotatable bonds is 4. The number of hydrogen-bond acceptors (Lipinski definition) is 3. The lowest BCUT2D eigenvalue weighted by Gasteiger charge is -2.43. The maximum absolute atomic E-state index is 6.01. The summed E-state index contributed by atoms with van der Waals surface area (Å²) >= 11 is 0. The van der Waals surface area contributed by atoms with E-state index in [0.717, 1.165) is 12.5 Å². The third kappa shape index (κ3) is 4.17. The largest absolute Gasteiger partial charge is 0.329 e. The van der Waals surface area contributed by atoms with Crippen molar-refractivity contribution in [1.29, 1.82) is 0 Å². The van der Waals surface area contributed by atoms with Gasteiger partial charge in [0.05, 0.1) is 0 Å². The van der Waals surface area contributed by atoms with Crippen LogP contribution in [0.3, 0.4) is 0 Å². The molecule has 3 nitrogen and oxygen atoms in total. The molecule has 2 N–H and O–H groups in total. The van der Waals surface area contributed by atoms with E-state index in [2.05, 4.69) is 30.6 Å². The minimum atomic E-state index is 0.302. The van der Waals surface area contributed by atoms with Gasteiger partial charge in [0.1, 0.15) is 0 Å². The average molecular weight is 267 g/mol. The van der Waals surface area contributed by atoms with Crippen LogP contribution in [0.15, 0.2) is 0 Å². The van der Waals surface area contributed by atoms with Crippen molar-refractivity contribution in [2.24, 2.45) is 17.1 Å². The summed E-state index contributed by atoms with van der Waals surface area (Å²) in [5.74, 6) is 0.924. The smallest absolute Gasteiger partial charge is 0.0266 e. The maximum atomic E-state index is 6.01. The summed E-state index contributed by atoms with van der Waals surface area (Å²) in [6.45, 7) is 14.3. The second-order valence-corrected chi connectivity index (χ2v) is 7.60. The van der Waals surface area contributed by atoms with Crippen LogP contribution in [0, 0.1) is 11.3 Å². The Hall–Kier alpha value is -0.120. The number of hydrogen-bond donors (Lipinski definition) is 1. The Labute approximate surface area is 119 Å². The van der Waals surface area contributed by atoms with Gasteiger partial charge in [-0.05, 0) is 63.2 Å². The second kappa shape index (κ2) is 6.55. The highest BCUT2D eigenvalue weighted by molar-refractivity contribution is 4.87. The molecule has 2 fully saturated rings. The molecule has 112 valence electrons. The molecular formula is C16H33N3. The van der Waals surface area contributed by atoms with E-state index < -0.39 is 0 Å². The van der Waals surface area contributed by atoms with E-state index in [1.807, 2.05) is 0 Å². The standard InChI is InChI=1S/C16H33N3/c1-16(2,3)15(12-17)19-10-6-14(7-11-19)13-18-8-4-5-9-18/h14-15H,4-13,17H2,1-3H3. The van der Waals surface area contributed by atoms with Crippen LogP contribution in [-0.2, 0) is 0 Å². The molecule has 2 aliphatic heterocycles. The number of likely N-dealkylation sites (tertiary alicyclic amines) is 2. The molecule has 0 spiro atoms. The van der Waals surface area contributed by atoms with Crippen LogP contribution in [0.1, 0.15) is 46.5 Å². The molecule has 0 aliphatic carbocycles. The van der Waals surface area contributed by atoms with Gasteiger partial charge in [-0.3, -0.25) is 4.90 Å². The summed E-state index contributed by atoms with van der Waals surface area (Å²) in [6, 6.07) is 0.542. The van der Waals surface area contributed by atoms with Gasteiger partial charge < -0.3 is 10.6 Å². The minimum absolute atomic E-state index is 0.302. The summed E-state index contributed by atoms with van der Waals surface area (Å²) in [7, 11) is 0. The summed E-state index contributed by atoms with van der Waals surface area (Å²) in [5.41, 5.74) is 6.31. The predicted octanol–water partition coefficient (Wildman–Crippen LogP) is 2.17. The topological polar surface area (TPSA) is 32.5 Å². The van der Waals surface area contributed by atoms with Crippen LogP contribution in [0.25, 0.3) is 0 Å². The van der Waals surface area contributed by atoms with Gasteiger partial charge in [-0.1, -0.05) is 20.8 Å². The summed E-state index contributed by atoms with van der Waals surface area (Å²) in [6.07, 6.45) is 5.56. The second-order valence-electron chi connectivity index (χ2n) is 7.60. The summed E-state index contributed by atoms with van der Waals surface area (Å²) < 4.78 is 0. The first kappa shape index (κ1) is 15.3. The van der Waals surface area contributed by atoms with E-state index in [4.69, 9.17) is 5.73 Å². The van der Waals surface area contributed by atoms with Crippen LogP contribution in [0.2, 0.25) is 0 Å². The molecule has 0 aromatic carbocycles. The molecule has 1 atom stereocenters. The molecule has 2 aliphatic rings. The van der Waals surface area contributed by atoms with Crippen molar-refractivity contribution in [1.82, 2.24) is 9.80 Å². The van der Waals surface area contributed by atoms with Crippen molar-refractivity contribution in [3.8, 4) is 0 Å².